The van der Waals surface area contributed by atoms with Gasteiger partial charge >= 0.3 is 0 Å². The fourth-order valence-electron chi connectivity index (χ4n) is 3.96. The van der Waals surface area contributed by atoms with Crippen molar-refractivity contribution in [2.45, 2.75) is 97.1 Å². The summed E-state index contributed by atoms with van der Waals surface area (Å²) < 4.78 is 5.94. The van der Waals surface area contributed by atoms with E-state index < -0.39 is 14.4 Å². The first-order chi connectivity index (χ1) is 13.4. The van der Waals surface area contributed by atoms with Crippen molar-refractivity contribution >= 4 is 8.32 Å². The van der Waals surface area contributed by atoms with Gasteiger partial charge in [-0.2, -0.15) is 0 Å². The van der Waals surface area contributed by atoms with Crippen LogP contribution in [-0.4, -0.2) is 19.5 Å². The number of hydrogen-bond donors (Lipinski definition) is 1. The third-order valence-corrected chi connectivity index (χ3v) is 6.76. The number of benzene rings is 1. The molecule has 3 heteroatoms. The lowest BCUT2D eigenvalue weighted by atomic mass is 9.78. The molecule has 1 unspecified atom stereocenters. The largest absolute Gasteiger partial charge is 0.413 e. The molecule has 1 aromatic rings. The second-order valence-electron chi connectivity index (χ2n) is 9.50. The van der Waals surface area contributed by atoms with Crippen molar-refractivity contribution in [3.63, 3.8) is 0 Å². The van der Waals surface area contributed by atoms with Gasteiger partial charge in [0.05, 0.1) is 6.61 Å². The molecule has 1 atom stereocenters. The highest BCUT2D eigenvalue weighted by Gasteiger charge is 2.22. The minimum atomic E-state index is -1.48. The van der Waals surface area contributed by atoms with Gasteiger partial charge in [0, 0.05) is 5.56 Å². The van der Waals surface area contributed by atoms with Gasteiger partial charge < -0.3 is 9.53 Å². The Bertz CT molecular complexity index is 613. The van der Waals surface area contributed by atoms with Crippen LogP contribution < -0.4 is 0 Å². The first kappa shape index (κ1) is 23.2. The van der Waals surface area contributed by atoms with E-state index in [1.54, 1.807) is 0 Å². The molecular formula is C25H40O2Si. The van der Waals surface area contributed by atoms with E-state index in [1.165, 1.54) is 56.9 Å². The number of unbranched alkanes of at least 4 members (excludes halogenated alkanes) is 2. The molecule has 0 bridgehead atoms. The minimum absolute atomic E-state index is 0.503. The maximum atomic E-state index is 10.3. The summed E-state index contributed by atoms with van der Waals surface area (Å²) in [6.07, 6.45) is 11.0. The van der Waals surface area contributed by atoms with Crippen molar-refractivity contribution in [3.05, 3.63) is 35.4 Å². The molecule has 1 aliphatic rings. The molecule has 0 heterocycles. The second-order valence-corrected chi connectivity index (χ2v) is 14.0. The Morgan fingerprint density at radius 1 is 1.04 bits per heavy atom. The van der Waals surface area contributed by atoms with Crippen molar-refractivity contribution in [2.24, 2.45) is 11.8 Å². The molecule has 1 aliphatic carbocycles. The van der Waals surface area contributed by atoms with E-state index in [1.807, 2.05) is 12.1 Å². The van der Waals surface area contributed by atoms with Crippen molar-refractivity contribution < 1.29 is 9.53 Å². The molecule has 0 spiro atoms. The lowest BCUT2D eigenvalue weighted by Crippen LogP contribution is -2.24. The first-order valence-electron chi connectivity index (χ1n) is 11.3. The molecule has 1 N–H and O–H groups in total. The summed E-state index contributed by atoms with van der Waals surface area (Å²) in [7, 11) is -1.48. The second kappa shape index (κ2) is 11.8. The van der Waals surface area contributed by atoms with E-state index in [9.17, 15) is 5.11 Å². The van der Waals surface area contributed by atoms with Crippen LogP contribution in [0.1, 0.15) is 75.8 Å². The minimum Gasteiger partial charge on any atom is -0.413 e. The third kappa shape index (κ3) is 9.41. The maximum Gasteiger partial charge on any atom is 0.184 e. The van der Waals surface area contributed by atoms with Crippen LogP contribution in [0.25, 0.3) is 0 Å². The molecule has 0 amide bonds. The van der Waals surface area contributed by atoms with Gasteiger partial charge in [0.15, 0.2) is 8.32 Å². The SMILES string of the molecule is CCCCC[C@H]1CC[C@H](CC(O)C#Cc2ccc(CO[Si](C)(C)C)cc2)CC1. The van der Waals surface area contributed by atoms with Gasteiger partial charge in [-0.15, -0.1) is 0 Å². The molecule has 0 aromatic heterocycles. The molecule has 2 rings (SSSR count). The Morgan fingerprint density at radius 2 is 1.68 bits per heavy atom. The lowest BCUT2D eigenvalue weighted by Gasteiger charge is -2.29. The van der Waals surface area contributed by atoms with E-state index in [-0.39, 0.29) is 0 Å². The standard InChI is InChI=1S/C25H40O2Si/c1-5-6-7-8-21-9-13-23(14-10-21)19-25(26)18-17-22-11-15-24(16-12-22)20-27-28(2,3)4/h11-12,15-16,21,23,25-26H,5-10,13-14,19-20H2,1-4H3/t21-,23-,25?. The molecule has 2 nitrogen and oxygen atoms in total. The molecule has 0 saturated heterocycles. The summed E-state index contributed by atoms with van der Waals surface area (Å²) in [6, 6.07) is 8.22. The highest BCUT2D eigenvalue weighted by molar-refractivity contribution is 6.69. The van der Waals surface area contributed by atoms with Gasteiger partial charge in [0.25, 0.3) is 0 Å². The Labute approximate surface area is 174 Å². The smallest absolute Gasteiger partial charge is 0.184 e. The zero-order chi connectivity index (χ0) is 20.4. The van der Waals surface area contributed by atoms with Crippen molar-refractivity contribution in [1.29, 1.82) is 0 Å². The fraction of sp³-hybridized carbons (Fsp3) is 0.680. The summed E-state index contributed by atoms with van der Waals surface area (Å²) in [5, 5.41) is 10.3. The fourth-order valence-corrected chi connectivity index (χ4v) is 4.56. The predicted octanol–water partition coefficient (Wildman–Crippen LogP) is 6.53. The molecule has 1 saturated carbocycles. The number of hydrogen-bond acceptors (Lipinski definition) is 2. The van der Waals surface area contributed by atoms with E-state index in [4.69, 9.17) is 4.43 Å². The first-order valence-corrected chi connectivity index (χ1v) is 14.7. The van der Waals surface area contributed by atoms with Crippen LogP contribution >= 0.6 is 0 Å². The molecular weight excluding hydrogens is 360 g/mol. The van der Waals surface area contributed by atoms with Crippen molar-refractivity contribution in [3.8, 4) is 11.8 Å². The monoisotopic (exact) mass is 400 g/mol. The molecule has 1 aromatic carbocycles. The van der Waals surface area contributed by atoms with Gasteiger partial charge in [0.1, 0.15) is 6.10 Å². The summed E-state index contributed by atoms with van der Waals surface area (Å²) in [5.41, 5.74) is 2.15. The van der Waals surface area contributed by atoms with Gasteiger partial charge in [-0.25, -0.2) is 0 Å². The third-order valence-electron chi connectivity index (χ3n) is 5.75. The zero-order valence-electron chi connectivity index (χ0n) is 18.5. The summed E-state index contributed by atoms with van der Waals surface area (Å²) in [5.74, 6) is 7.77. The van der Waals surface area contributed by atoms with Crippen LogP contribution in [-0.2, 0) is 11.0 Å². The normalized spacial score (nSPS) is 21.0. The van der Waals surface area contributed by atoms with Gasteiger partial charge in [-0.05, 0) is 55.6 Å². The summed E-state index contributed by atoms with van der Waals surface area (Å²) in [6.45, 7) is 9.55. The quantitative estimate of drug-likeness (QED) is 0.290. The van der Waals surface area contributed by atoms with Gasteiger partial charge in [0.2, 0.25) is 0 Å². The maximum absolute atomic E-state index is 10.3. The molecule has 28 heavy (non-hydrogen) atoms. The lowest BCUT2D eigenvalue weighted by molar-refractivity contribution is 0.161. The van der Waals surface area contributed by atoms with Crippen LogP contribution in [0.4, 0.5) is 0 Å². The average Bonchev–Trinajstić information content (AvgIpc) is 2.66. The van der Waals surface area contributed by atoms with Crippen molar-refractivity contribution in [2.75, 3.05) is 0 Å². The van der Waals surface area contributed by atoms with E-state index in [2.05, 4.69) is 50.5 Å². The molecule has 1 fully saturated rings. The Hall–Kier alpha value is -1.08. The number of aliphatic hydroxyl groups is 1. The Kier molecular flexibility index (Phi) is 9.78. The van der Waals surface area contributed by atoms with E-state index in [0.717, 1.165) is 17.9 Å². The van der Waals surface area contributed by atoms with E-state index >= 15 is 0 Å². The van der Waals surface area contributed by atoms with Gasteiger partial charge in [-0.1, -0.05) is 82.3 Å². The van der Waals surface area contributed by atoms with Gasteiger partial charge in [-0.3, -0.25) is 0 Å². The zero-order valence-corrected chi connectivity index (χ0v) is 19.5. The highest BCUT2D eigenvalue weighted by atomic mass is 28.4. The van der Waals surface area contributed by atoms with Crippen molar-refractivity contribution in [1.82, 2.24) is 0 Å². The van der Waals surface area contributed by atoms with Crippen LogP contribution in [0.2, 0.25) is 19.6 Å². The number of rotatable bonds is 9. The van der Waals surface area contributed by atoms with Crippen LogP contribution in [0.5, 0.6) is 0 Å². The Balaban J connectivity index is 1.72. The number of aliphatic hydroxyl groups excluding tert-OH is 1. The summed E-state index contributed by atoms with van der Waals surface area (Å²) in [4.78, 5) is 0. The topological polar surface area (TPSA) is 29.5 Å². The molecule has 0 aliphatic heterocycles. The van der Waals surface area contributed by atoms with Crippen LogP contribution in [0, 0.1) is 23.7 Å². The van der Waals surface area contributed by atoms with E-state index in [0.29, 0.717) is 12.5 Å². The molecule has 0 radical (unpaired) electrons. The highest BCUT2D eigenvalue weighted by Crippen LogP contribution is 2.34. The Morgan fingerprint density at radius 3 is 2.29 bits per heavy atom. The van der Waals surface area contributed by atoms with Crippen LogP contribution in [0.15, 0.2) is 24.3 Å². The average molecular weight is 401 g/mol. The summed E-state index contributed by atoms with van der Waals surface area (Å²) >= 11 is 0. The van der Waals surface area contributed by atoms with Crippen LogP contribution in [0.3, 0.4) is 0 Å². The molecule has 156 valence electrons. The predicted molar refractivity (Wildman–Crippen MR) is 122 cm³/mol.